The summed E-state index contributed by atoms with van der Waals surface area (Å²) in [5, 5.41) is 0. The van der Waals surface area contributed by atoms with Gasteiger partial charge in [-0.25, -0.2) is 0 Å². The summed E-state index contributed by atoms with van der Waals surface area (Å²) >= 11 is 0. The topological polar surface area (TPSA) is 26.3 Å². The highest BCUT2D eigenvalue weighted by Gasteiger charge is 2.37. The van der Waals surface area contributed by atoms with Gasteiger partial charge in [-0.05, 0) is 10.8 Å². The van der Waals surface area contributed by atoms with E-state index in [0.717, 1.165) is 0 Å². The summed E-state index contributed by atoms with van der Waals surface area (Å²) < 4.78 is 5.34. The molecule has 0 bridgehead atoms. The molecule has 0 saturated heterocycles. The Morgan fingerprint density at radius 2 is 1.31 bits per heavy atom. The highest BCUT2D eigenvalue weighted by Crippen LogP contribution is 2.35. The van der Waals surface area contributed by atoms with Crippen molar-refractivity contribution < 1.29 is 9.53 Å². The largest absolute Gasteiger partial charge is 0.461 e. The Morgan fingerprint density at radius 3 is 1.38 bits per heavy atom. The van der Waals surface area contributed by atoms with Gasteiger partial charge in [0.1, 0.15) is 6.10 Å². The van der Waals surface area contributed by atoms with Crippen molar-refractivity contribution in [3.05, 3.63) is 0 Å². The molecule has 0 amide bonds. The first-order chi connectivity index (χ1) is 5.55. The third-order valence-corrected chi connectivity index (χ3v) is 1.86. The Morgan fingerprint density at radius 1 is 1.00 bits per heavy atom. The molecule has 0 fully saturated rings. The molecule has 0 atom stereocenters. The fraction of sp³-hybridized carbons (Fsp3) is 0.909. The minimum atomic E-state index is -0.199. The van der Waals surface area contributed by atoms with Crippen molar-refractivity contribution in [2.24, 2.45) is 10.8 Å². The van der Waals surface area contributed by atoms with E-state index in [9.17, 15) is 4.79 Å². The Hall–Kier alpha value is -0.530. The Kier molecular flexibility index (Phi) is 3.54. The number of hydrogen-bond donors (Lipinski definition) is 0. The van der Waals surface area contributed by atoms with Gasteiger partial charge in [0.05, 0.1) is 0 Å². The highest BCUT2D eigenvalue weighted by atomic mass is 16.5. The zero-order valence-electron chi connectivity index (χ0n) is 9.89. The Labute approximate surface area is 81.7 Å². The lowest BCUT2D eigenvalue weighted by molar-refractivity contribution is -0.161. The van der Waals surface area contributed by atoms with Crippen LogP contribution in [0, 0.1) is 10.8 Å². The number of ether oxygens (including phenoxy) is 1. The second kappa shape index (κ2) is 3.69. The molecular weight excluding hydrogens is 164 g/mol. The number of hydrogen-bond acceptors (Lipinski definition) is 2. The van der Waals surface area contributed by atoms with Gasteiger partial charge in [-0.1, -0.05) is 41.5 Å². The number of carbonyl (C=O) groups excluding carboxylic acids is 1. The summed E-state index contributed by atoms with van der Waals surface area (Å²) in [6.07, 6.45) is -0.0440. The van der Waals surface area contributed by atoms with Crippen molar-refractivity contribution in [2.45, 2.75) is 54.6 Å². The lowest BCUT2D eigenvalue weighted by Crippen LogP contribution is -2.41. The van der Waals surface area contributed by atoms with E-state index in [-0.39, 0.29) is 22.9 Å². The highest BCUT2D eigenvalue weighted by molar-refractivity contribution is 5.66. The first kappa shape index (κ1) is 12.5. The molecule has 0 aliphatic heterocycles. The van der Waals surface area contributed by atoms with Crippen LogP contribution >= 0.6 is 0 Å². The fourth-order valence-electron chi connectivity index (χ4n) is 1.82. The molecule has 0 aromatic heterocycles. The van der Waals surface area contributed by atoms with Crippen molar-refractivity contribution >= 4 is 5.97 Å². The van der Waals surface area contributed by atoms with E-state index in [1.807, 2.05) is 0 Å². The fourth-order valence-corrected chi connectivity index (χ4v) is 1.82. The Balaban J connectivity index is 4.68. The molecule has 2 nitrogen and oxygen atoms in total. The van der Waals surface area contributed by atoms with Crippen LogP contribution in [0.1, 0.15) is 48.5 Å². The molecule has 0 aromatic carbocycles. The van der Waals surface area contributed by atoms with Crippen LogP contribution in [0.5, 0.6) is 0 Å². The van der Waals surface area contributed by atoms with E-state index in [0.29, 0.717) is 0 Å². The van der Waals surface area contributed by atoms with E-state index in [4.69, 9.17) is 4.74 Å². The van der Waals surface area contributed by atoms with Gasteiger partial charge in [0.2, 0.25) is 0 Å². The molecule has 0 rings (SSSR count). The van der Waals surface area contributed by atoms with E-state index in [1.54, 1.807) is 0 Å². The number of rotatable bonds is 1. The lowest BCUT2D eigenvalue weighted by atomic mass is 9.74. The van der Waals surface area contributed by atoms with Gasteiger partial charge in [0.15, 0.2) is 0 Å². The second-order valence-corrected chi connectivity index (χ2v) is 5.72. The Bertz CT molecular complexity index is 167. The predicted octanol–water partition coefficient (Wildman–Crippen LogP) is 3.01. The van der Waals surface area contributed by atoms with Crippen LogP contribution in [0.15, 0.2) is 0 Å². The van der Waals surface area contributed by atoms with Gasteiger partial charge >= 0.3 is 5.97 Å². The van der Waals surface area contributed by atoms with Gasteiger partial charge in [0, 0.05) is 6.92 Å². The SMILES string of the molecule is CC(=O)OC(C(C)(C)C)C(C)(C)C. The molecular formula is C11H22O2. The first-order valence-corrected chi connectivity index (χ1v) is 4.72. The third kappa shape index (κ3) is 4.30. The molecule has 0 spiro atoms. The van der Waals surface area contributed by atoms with E-state index in [2.05, 4.69) is 41.5 Å². The van der Waals surface area contributed by atoms with Crippen molar-refractivity contribution in [3.8, 4) is 0 Å². The number of carbonyl (C=O) groups is 1. The van der Waals surface area contributed by atoms with Gasteiger partial charge < -0.3 is 4.74 Å². The maximum atomic E-state index is 10.9. The van der Waals surface area contributed by atoms with Crippen LogP contribution < -0.4 is 0 Å². The lowest BCUT2D eigenvalue weighted by Gasteiger charge is -2.39. The van der Waals surface area contributed by atoms with Crippen molar-refractivity contribution in [1.29, 1.82) is 0 Å². The summed E-state index contributed by atoms with van der Waals surface area (Å²) in [6, 6.07) is 0. The van der Waals surface area contributed by atoms with Gasteiger partial charge in [-0.3, -0.25) is 4.79 Å². The summed E-state index contributed by atoms with van der Waals surface area (Å²) in [4.78, 5) is 10.9. The zero-order valence-corrected chi connectivity index (χ0v) is 9.89. The molecule has 0 unspecified atom stereocenters. The number of esters is 1. The maximum absolute atomic E-state index is 10.9. The second-order valence-electron chi connectivity index (χ2n) is 5.72. The minimum Gasteiger partial charge on any atom is -0.461 e. The first-order valence-electron chi connectivity index (χ1n) is 4.72. The van der Waals surface area contributed by atoms with E-state index >= 15 is 0 Å². The van der Waals surface area contributed by atoms with Crippen molar-refractivity contribution in [3.63, 3.8) is 0 Å². The zero-order chi connectivity index (χ0) is 10.9. The predicted molar refractivity (Wildman–Crippen MR) is 54.5 cm³/mol. The summed E-state index contributed by atoms with van der Waals surface area (Å²) in [7, 11) is 0. The molecule has 0 radical (unpaired) electrons. The molecule has 13 heavy (non-hydrogen) atoms. The molecule has 2 heteroatoms. The summed E-state index contributed by atoms with van der Waals surface area (Å²) in [5.74, 6) is -0.199. The summed E-state index contributed by atoms with van der Waals surface area (Å²) in [6.45, 7) is 14.0. The van der Waals surface area contributed by atoms with Gasteiger partial charge in [-0.2, -0.15) is 0 Å². The van der Waals surface area contributed by atoms with Crippen LogP contribution in [0.4, 0.5) is 0 Å². The molecule has 0 heterocycles. The van der Waals surface area contributed by atoms with E-state index in [1.165, 1.54) is 6.92 Å². The molecule has 0 aromatic rings. The smallest absolute Gasteiger partial charge is 0.302 e. The quantitative estimate of drug-likeness (QED) is 0.588. The van der Waals surface area contributed by atoms with Crippen molar-refractivity contribution in [2.75, 3.05) is 0 Å². The van der Waals surface area contributed by atoms with Crippen LogP contribution in [-0.4, -0.2) is 12.1 Å². The average Bonchev–Trinajstić information content (AvgIpc) is 1.77. The molecule has 0 saturated carbocycles. The standard InChI is InChI=1S/C11H22O2/c1-8(12)13-9(10(2,3)4)11(5,6)7/h9H,1-7H3. The summed E-state index contributed by atoms with van der Waals surface area (Å²) in [5.41, 5.74) is -0.0200. The monoisotopic (exact) mass is 186 g/mol. The van der Waals surface area contributed by atoms with Crippen LogP contribution in [0.2, 0.25) is 0 Å². The maximum Gasteiger partial charge on any atom is 0.302 e. The molecule has 0 aliphatic rings. The van der Waals surface area contributed by atoms with Crippen LogP contribution in [0.3, 0.4) is 0 Å². The normalized spacial score (nSPS) is 13.2. The molecule has 78 valence electrons. The van der Waals surface area contributed by atoms with Gasteiger partial charge in [0.25, 0.3) is 0 Å². The van der Waals surface area contributed by atoms with Gasteiger partial charge in [-0.15, -0.1) is 0 Å². The average molecular weight is 186 g/mol. The van der Waals surface area contributed by atoms with Crippen molar-refractivity contribution in [1.82, 2.24) is 0 Å². The third-order valence-electron chi connectivity index (χ3n) is 1.86. The molecule has 0 N–H and O–H groups in total. The van der Waals surface area contributed by atoms with Crippen LogP contribution in [-0.2, 0) is 9.53 Å². The van der Waals surface area contributed by atoms with Crippen LogP contribution in [0.25, 0.3) is 0 Å². The minimum absolute atomic E-state index is 0.0100. The molecule has 0 aliphatic carbocycles. The van der Waals surface area contributed by atoms with E-state index < -0.39 is 0 Å².